The lowest BCUT2D eigenvalue weighted by Gasteiger charge is -2.43. The first-order chi connectivity index (χ1) is 13.9. The van der Waals surface area contributed by atoms with Crippen LogP contribution in [0.4, 0.5) is 5.69 Å². The van der Waals surface area contributed by atoms with Gasteiger partial charge >= 0.3 is 0 Å². The second-order valence-corrected chi connectivity index (χ2v) is 8.18. The zero-order valence-electron chi connectivity index (χ0n) is 17.5. The maximum absolute atomic E-state index is 9.74. The minimum atomic E-state index is -0.00343. The largest absolute Gasteiger partial charge is 0.362 e. The van der Waals surface area contributed by atoms with Crippen molar-refractivity contribution in [3.05, 3.63) is 65.5 Å². The van der Waals surface area contributed by atoms with Gasteiger partial charge in [0, 0.05) is 17.8 Å². The molecule has 0 saturated carbocycles. The molecule has 1 N–H and O–H groups in total. The SMILES string of the molecule is CCCN1c2ccc(/C=C(\C#N)c3nc4ccccc4[nH]3)cc2C(C)=CC1(C)C. The van der Waals surface area contributed by atoms with Crippen molar-refractivity contribution in [1.82, 2.24) is 9.97 Å². The standard InChI is InChI=1S/C25H26N4/c1-5-12-29-23-11-10-18(14-20(23)17(2)15-25(29,3)4)13-19(16-26)24-27-21-8-6-7-9-22(21)28-24/h6-11,13-15H,5,12H2,1-4H3,(H,27,28)/b19-13+. The first-order valence-corrected chi connectivity index (χ1v) is 10.1. The topological polar surface area (TPSA) is 55.7 Å². The van der Waals surface area contributed by atoms with Crippen molar-refractivity contribution < 1.29 is 0 Å². The van der Waals surface area contributed by atoms with E-state index in [1.165, 1.54) is 16.8 Å². The number of benzene rings is 2. The van der Waals surface area contributed by atoms with Gasteiger partial charge in [0.1, 0.15) is 11.9 Å². The lowest BCUT2D eigenvalue weighted by atomic mass is 9.87. The van der Waals surface area contributed by atoms with E-state index in [1.54, 1.807) is 0 Å². The molecule has 1 aliphatic rings. The van der Waals surface area contributed by atoms with Gasteiger partial charge in [0.25, 0.3) is 0 Å². The van der Waals surface area contributed by atoms with Crippen molar-refractivity contribution in [3.8, 4) is 6.07 Å². The molecule has 4 heteroatoms. The van der Waals surface area contributed by atoms with Gasteiger partial charge in [-0.05, 0) is 68.7 Å². The number of aromatic nitrogens is 2. The van der Waals surface area contributed by atoms with Crippen molar-refractivity contribution in [2.75, 3.05) is 11.4 Å². The molecule has 4 rings (SSSR count). The minimum Gasteiger partial charge on any atom is -0.362 e. The number of hydrogen-bond donors (Lipinski definition) is 1. The molecule has 0 spiro atoms. The number of nitrogens with one attached hydrogen (secondary N) is 1. The Bertz CT molecular complexity index is 1140. The summed E-state index contributed by atoms with van der Waals surface area (Å²) in [6.45, 7) is 9.92. The Labute approximate surface area is 172 Å². The van der Waals surface area contributed by atoms with Gasteiger partial charge in [-0.3, -0.25) is 0 Å². The molecule has 0 unspecified atom stereocenters. The monoisotopic (exact) mass is 382 g/mol. The lowest BCUT2D eigenvalue weighted by molar-refractivity contribution is 0.550. The van der Waals surface area contributed by atoms with Crippen LogP contribution in [0.25, 0.3) is 28.3 Å². The molecule has 0 fully saturated rings. The van der Waals surface area contributed by atoms with E-state index >= 15 is 0 Å². The number of imidazole rings is 1. The van der Waals surface area contributed by atoms with E-state index in [0.29, 0.717) is 11.4 Å². The summed E-state index contributed by atoms with van der Waals surface area (Å²) in [5, 5.41) is 9.74. The zero-order valence-corrected chi connectivity index (χ0v) is 17.5. The molecule has 0 atom stereocenters. The lowest BCUT2D eigenvalue weighted by Crippen LogP contribution is -2.45. The van der Waals surface area contributed by atoms with Crippen LogP contribution in [0.5, 0.6) is 0 Å². The normalized spacial score (nSPS) is 15.8. The van der Waals surface area contributed by atoms with Crippen molar-refractivity contribution in [2.45, 2.75) is 39.7 Å². The van der Waals surface area contributed by atoms with Crippen LogP contribution in [0.1, 0.15) is 51.1 Å². The highest BCUT2D eigenvalue weighted by Crippen LogP contribution is 2.39. The number of nitriles is 1. The summed E-state index contributed by atoms with van der Waals surface area (Å²) in [6, 6.07) is 16.6. The van der Waals surface area contributed by atoms with Crippen LogP contribution in [0, 0.1) is 11.3 Å². The van der Waals surface area contributed by atoms with Gasteiger partial charge in [0.15, 0.2) is 0 Å². The number of hydrogen-bond acceptors (Lipinski definition) is 3. The molecule has 0 aliphatic carbocycles. The fourth-order valence-electron chi connectivity index (χ4n) is 4.22. The summed E-state index contributed by atoms with van der Waals surface area (Å²) >= 11 is 0. The van der Waals surface area contributed by atoms with E-state index in [2.05, 4.69) is 72.9 Å². The van der Waals surface area contributed by atoms with Gasteiger partial charge in [-0.25, -0.2) is 4.98 Å². The van der Waals surface area contributed by atoms with Crippen molar-refractivity contribution in [1.29, 1.82) is 5.26 Å². The molecule has 2 aromatic carbocycles. The van der Waals surface area contributed by atoms with Gasteiger partial charge in [0.2, 0.25) is 0 Å². The molecule has 146 valence electrons. The average molecular weight is 383 g/mol. The highest BCUT2D eigenvalue weighted by Gasteiger charge is 2.30. The van der Waals surface area contributed by atoms with Gasteiger partial charge in [0.05, 0.1) is 22.1 Å². The Hall–Kier alpha value is -3.32. The van der Waals surface area contributed by atoms with Crippen LogP contribution in [0.2, 0.25) is 0 Å². The Kier molecular flexibility index (Phi) is 4.76. The number of allylic oxidation sites excluding steroid dienone is 2. The molecule has 0 amide bonds. The Morgan fingerprint density at radius 2 is 2.03 bits per heavy atom. The van der Waals surface area contributed by atoms with Crippen LogP contribution in [0.3, 0.4) is 0 Å². The van der Waals surface area contributed by atoms with Crippen molar-refractivity contribution in [3.63, 3.8) is 0 Å². The van der Waals surface area contributed by atoms with E-state index in [0.717, 1.165) is 29.6 Å². The summed E-state index contributed by atoms with van der Waals surface area (Å²) in [4.78, 5) is 10.3. The molecule has 1 aliphatic heterocycles. The first kappa shape index (κ1) is 19.0. The molecule has 1 aromatic heterocycles. The Morgan fingerprint density at radius 3 is 2.76 bits per heavy atom. The zero-order chi connectivity index (χ0) is 20.6. The molecular formula is C25H26N4. The molecule has 3 aromatic rings. The van der Waals surface area contributed by atoms with Crippen LogP contribution >= 0.6 is 0 Å². The first-order valence-electron chi connectivity index (χ1n) is 10.1. The van der Waals surface area contributed by atoms with E-state index in [1.807, 2.05) is 30.3 Å². The number of H-pyrrole nitrogens is 1. The minimum absolute atomic E-state index is 0.00343. The number of aromatic amines is 1. The molecule has 2 heterocycles. The Morgan fingerprint density at radius 1 is 1.24 bits per heavy atom. The number of fused-ring (bicyclic) bond motifs is 2. The van der Waals surface area contributed by atoms with E-state index in [4.69, 9.17) is 0 Å². The molecule has 0 radical (unpaired) electrons. The summed E-state index contributed by atoms with van der Waals surface area (Å²) in [5.41, 5.74) is 7.10. The maximum Gasteiger partial charge on any atom is 0.149 e. The summed E-state index contributed by atoms with van der Waals surface area (Å²) in [6.07, 6.45) is 5.35. The summed E-state index contributed by atoms with van der Waals surface area (Å²) in [7, 11) is 0. The predicted molar refractivity (Wildman–Crippen MR) is 121 cm³/mol. The smallest absolute Gasteiger partial charge is 0.149 e. The summed E-state index contributed by atoms with van der Waals surface area (Å²) < 4.78 is 0. The van der Waals surface area contributed by atoms with E-state index in [9.17, 15) is 5.26 Å². The number of para-hydroxylation sites is 2. The molecule has 29 heavy (non-hydrogen) atoms. The second-order valence-electron chi connectivity index (χ2n) is 8.18. The highest BCUT2D eigenvalue weighted by atomic mass is 15.2. The van der Waals surface area contributed by atoms with Crippen molar-refractivity contribution >= 4 is 33.9 Å². The van der Waals surface area contributed by atoms with E-state index < -0.39 is 0 Å². The Balaban J connectivity index is 1.76. The molecule has 0 saturated heterocycles. The third-order valence-electron chi connectivity index (χ3n) is 5.52. The van der Waals surface area contributed by atoms with Gasteiger partial charge in [-0.2, -0.15) is 5.26 Å². The predicted octanol–water partition coefficient (Wildman–Crippen LogP) is 6.04. The van der Waals surface area contributed by atoms with Crippen LogP contribution in [-0.4, -0.2) is 22.1 Å². The van der Waals surface area contributed by atoms with Gasteiger partial charge < -0.3 is 9.88 Å². The quantitative estimate of drug-likeness (QED) is 0.560. The van der Waals surface area contributed by atoms with Gasteiger partial charge in [-0.15, -0.1) is 0 Å². The van der Waals surface area contributed by atoms with E-state index in [-0.39, 0.29) is 5.54 Å². The summed E-state index contributed by atoms with van der Waals surface area (Å²) in [5.74, 6) is 0.604. The molecule has 4 nitrogen and oxygen atoms in total. The highest BCUT2D eigenvalue weighted by molar-refractivity contribution is 5.91. The number of nitrogens with zero attached hydrogens (tertiary/aromatic N) is 3. The second kappa shape index (κ2) is 7.25. The number of rotatable bonds is 4. The van der Waals surface area contributed by atoms with Crippen LogP contribution in [-0.2, 0) is 0 Å². The van der Waals surface area contributed by atoms with Crippen LogP contribution < -0.4 is 4.90 Å². The maximum atomic E-state index is 9.74. The third kappa shape index (κ3) is 3.45. The van der Waals surface area contributed by atoms with Crippen LogP contribution in [0.15, 0.2) is 48.5 Å². The average Bonchev–Trinajstić information content (AvgIpc) is 3.13. The van der Waals surface area contributed by atoms with Crippen molar-refractivity contribution in [2.24, 2.45) is 0 Å². The fraction of sp³-hybridized carbons (Fsp3) is 0.280. The van der Waals surface area contributed by atoms with Gasteiger partial charge in [-0.1, -0.05) is 31.2 Å². The fourth-order valence-corrected chi connectivity index (χ4v) is 4.22. The third-order valence-corrected chi connectivity index (χ3v) is 5.52. The molecular weight excluding hydrogens is 356 g/mol. The molecule has 0 bridgehead atoms. The number of anilines is 1.